The predicted octanol–water partition coefficient (Wildman–Crippen LogP) is 4.56. The molecule has 1 aromatic heterocycles. The number of nitrogens with two attached hydrogens (primary N) is 1. The van der Waals surface area contributed by atoms with Crippen LogP contribution in [0.3, 0.4) is 0 Å². The number of nitrogens with zero attached hydrogens (tertiary/aromatic N) is 2. The van der Waals surface area contributed by atoms with Crippen molar-refractivity contribution in [1.82, 2.24) is 14.8 Å². The third-order valence-electron chi connectivity index (χ3n) is 5.81. The molecule has 1 fully saturated rings. The number of anilines is 1. The normalized spacial score (nSPS) is 15.9. The average molecular weight is 481 g/mol. The van der Waals surface area contributed by atoms with Crippen molar-refractivity contribution in [3.63, 3.8) is 0 Å². The number of piperidine rings is 1. The van der Waals surface area contributed by atoms with Crippen LogP contribution < -0.4 is 16.6 Å². The third kappa shape index (κ3) is 6.72. The molecule has 3 N–H and O–H groups in total. The Bertz CT molecular complexity index is 1060. The number of alkyl halides is 3. The van der Waals surface area contributed by atoms with E-state index in [-0.39, 0.29) is 16.6 Å². The highest BCUT2D eigenvalue weighted by Crippen LogP contribution is 2.35. The van der Waals surface area contributed by atoms with E-state index in [1.165, 1.54) is 12.1 Å². The molecule has 0 bridgehead atoms. The van der Waals surface area contributed by atoms with Gasteiger partial charge in [0.25, 0.3) is 5.56 Å². The summed E-state index contributed by atoms with van der Waals surface area (Å²) in [6.07, 6.45) is 2.43. The van der Waals surface area contributed by atoms with Gasteiger partial charge >= 0.3 is 6.18 Å². The van der Waals surface area contributed by atoms with Gasteiger partial charge < -0.3 is 20.5 Å². The number of benzene rings is 1. The van der Waals surface area contributed by atoms with E-state index >= 15 is 0 Å². The fraction of sp³-hybridized carbons (Fsp3) is 0.375. The second kappa shape index (κ2) is 11.0. The van der Waals surface area contributed by atoms with Crippen LogP contribution in [-0.2, 0) is 19.3 Å². The van der Waals surface area contributed by atoms with E-state index < -0.39 is 11.7 Å². The first-order valence-corrected chi connectivity index (χ1v) is 11.2. The molecule has 0 atom stereocenters. The molecule has 0 radical (unpaired) electrons. The Labute approximate surface area is 196 Å². The van der Waals surface area contributed by atoms with Crippen molar-refractivity contribution >= 4 is 23.4 Å². The Balaban J connectivity index is 1.52. The Morgan fingerprint density at radius 2 is 1.91 bits per heavy atom. The summed E-state index contributed by atoms with van der Waals surface area (Å²) in [5, 5.41) is 3.06. The van der Waals surface area contributed by atoms with Gasteiger partial charge in [-0.25, -0.2) is 0 Å². The standard InChI is InChI=1S/C24H28ClF3N4O/c1-2-3-4-22-21(29)7-8-23(33)32(22)14-13-31-11-9-18(10-12-31)30-16-17-5-6-20(25)19(15-17)24(26,27)28/h2-8,15,18,30H,1,9-14,16,29H2/b4-3-. The van der Waals surface area contributed by atoms with Crippen molar-refractivity contribution in [2.75, 3.05) is 25.4 Å². The van der Waals surface area contributed by atoms with Crippen LogP contribution in [0.15, 0.2) is 53.9 Å². The number of hydrogen-bond acceptors (Lipinski definition) is 4. The second-order valence-electron chi connectivity index (χ2n) is 8.07. The smallest absolute Gasteiger partial charge is 0.397 e. The van der Waals surface area contributed by atoms with Crippen LogP contribution in [0.2, 0.25) is 5.02 Å². The molecule has 0 amide bonds. The van der Waals surface area contributed by atoms with Gasteiger partial charge in [0.15, 0.2) is 0 Å². The van der Waals surface area contributed by atoms with Gasteiger partial charge in [0, 0.05) is 31.7 Å². The zero-order chi connectivity index (χ0) is 24.0. The molecule has 1 aliphatic heterocycles. The number of nitrogens with one attached hydrogen (secondary N) is 1. The molecule has 0 unspecified atom stereocenters. The predicted molar refractivity (Wildman–Crippen MR) is 127 cm³/mol. The van der Waals surface area contributed by atoms with Crippen molar-refractivity contribution in [2.24, 2.45) is 0 Å². The molecular formula is C24H28ClF3N4O. The lowest BCUT2D eigenvalue weighted by atomic mass is 10.0. The van der Waals surface area contributed by atoms with Crippen LogP contribution in [0.5, 0.6) is 0 Å². The SMILES string of the molecule is C=C/C=C\c1c(N)ccc(=O)n1CCN1CCC(NCc2ccc(Cl)c(C(F)(F)F)c2)CC1. The van der Waals surface area contributed by atoms with Gasteiger partial charge in [-0.3, -0.25) is 4.79 Å². The number of pyridine rings is 1. The van der Waals surface area contributed by atoms with Crippen LogP contribution in [-0.4, -0.2) is 35.1 Å². The van der Waals surface area contributed by atoms with E-state index in [2.05, 4.69) is 16.8 Å². The van der Waals surface area contributed by atoms with Gasteiger partial charge in [-0.05, 0) is 55.8 Å². The molecule has 2 heterocycles. The first-order valence-electron chi connectivity index (χ1n) is 10.8. The Morgan fingerprint density at radius 3 is 2.58 bits per heavy atom. The summed E-state index contributed by atoms with van der Waals surface area (Å²) in [6, 6.07) is 7.30. The molecule has 1 aliphatic rings. The number of likely N-dealkylation sites (tertiary alicyclic amines) is 1. The highest BCUT2D eigenvalue weighted by molar-refractivity contribution is 6.31. The summed E-state index contributed by atoms with van der Waals surface area (Å²) in [7, 11) is 0. The summed E-state index contributed by atoms with van der Waals surface area (Å²) in [6.45, 7) is 6.89. The minimum Gasteiger partial charge on any atom is -0.397 e. The molecular weight excluding hydrogens is 453 g/mol. The summed E-state index contributed by atoms with van der Waals surface area (Å²) in [5.41, 5.74) is 6.88. The van der Waals surface area contributed by atoms with Crippen molar-refractivity contribution < 1.29 is 13.2 Å². The van der Waals surface area contributed by atoms with Crippen molar-refractivity contribution in [1.29, 1.82) is 0 Å². The fourth-order valence-electron chi connectivity index (χ4n) is 3.95. The Hall–Kier alpha value is -2.55. The largest absolute Gasteiger partial charge is 0.417 e. The molecule has 1 aromatic carbocycles. The lowest BCUT2D eigenvalue weighted by Gasteiger charge is -2.32. The molecule has 3 rings (SSSR count). The molecule has 0 spiro atoms. The summed E-state index contributed by atoms with van der Waals surface area (Å²) in [5.74, 6) is 0. The summed E-state index contributed by atoms with van der Waals surface area (Å²) in [4.78, 5) is 14.6. The first-order chi connectivity index (χ1) is 15.7. The van der Waals surface area contributed by atoms with E-state index in [0.29, 0.717) is 36.6 Å². The number of rotatable bonds is 8. The molecule has 0 aliphatic carbocycles. The maximum Gasteiger partial charge on any atom is 0.417 e. The summed E-state index contributed by atoms with van der Waals surface area (Å²) < 4.78 is 40.8. The van der Waals surface area contributed by atoms with Crippen LogP contribution in [0, 0.1) is 0 Å². The maximum atomic E-state index is 13.0. The quantitative estimate of drug-likeness (QED) is 0.544. The topological polar surface area (TPSA) is 63.3 Å². The van der Waals surface area contributed by atoms with Crippen molar-refractivity contribution in [3.8, 4) is 0 Å². The number of hydrogen-bond donors (Lipinski definition) is 2. The summed E-state index contributed by atoms with van der Waals surface area (Å²) >= 11 is 5.69. The molecule has 5 nitrogen and oxygen atoms in total. The zero-order valence-electron chi connectivity index (χ0n) is 18.2. The minimum absolute atomic E-state index is 0.106. The molecule has 9 heteroatoms. The lowest BCUT2D eigenvalue weighted by Crippen LogP contribution is -2.43. The molecule has 2 aromatic rings. The van der Waals surface area contributed by atoms with Crippen LogP contribution >= 0.6 is 11.6 Å². The van der Waals surface area contributed by atoms with Gasteiger partial charge in [-0.2, -0.15) is 13.2 Å². The molecule has 178 valence electrons. The van der Waals surface area contributed by atoms with Crippen LogP contribution in [0.25, 0.3) is 6.08 Å². The minimum atomic E-state index is -4.47. The van der Waals surface area contributed by atoms with Gasteiger partial charge in [-0.15, -0.1) is 0 Å². The number of aromatic nitrogens is 1. The number of nitrogen functional groups attached to an aromatic ring is 1. The van der Waals surface area contributed by atoms with Crippen LogP contribution in [0.4, 0.5) is 18.9 Å². The third-order valence-corrected chi connectivity index (χ3v) is 6.14. The molecule has 1 saturated heterocycles. The van der Waals surface area contributed by atoms with Gasteiger partial charge in [-0.1, -0.05) is 36.4 Å². The monoisotopic (exact) mass is 480 g/mol. The highest BCUT2D eigenvalue weighted by Gasteiger charge is 2.33. The van der Waals surface area contributed by atoms with E-state index in [1.807, 2.05) is 0 Å². The fourth-order valence-corrected chi connectivity index (χ4v) is 4.18. The number of allylic oxidation sites excluding steroid dienone is 2. The molecule has 0 saturated carbocycles. The first kappa shape index (κ1) is 25.1. The highest BCUT2D eigenvalue weighted by atomic mass is 35.5. The van der Waals surface area contributed by atoms with Gasteiger partial charge in [0.2, 0.25) is 0 Å². The zero-order valence-corrected chi connectivity index (χ0v) is 19.0. The average Bonchev–Trinajstić information content (AvgIpc) is 2.78. The number of halogens is 4. The van der Waals surface area contributed by atoms with E-state index in [4.69, 9.17) is 17.3 Å². The lowest BCUT2D eigenvalue weighted by molar-refractivity contribution is -0.137. The van der Waals surface area contributed by atoms with E-state index in [1.54, 1.807) is 34.9 Å². The van der Waals surface area contributed by atoms with Crippen molar-refractivity contribution in [3.05, 3.63) is 81.3 Å². The maximum absolute atomic E-state index is 13.0. The Morgan fingerprint density at radius 1 is 1.18 bits per heavy atom. The van der Waals surface area contributed by atoms with E-state index in [0.717, 1.165) is 32.0 Å². The van der Waals surface area contributed by atoms with Crippen LogP contribution in [0.1, 0.15) is 29.7 Å². The molecule has 33 heavy (non-hydrogen) atoms. The van der Waals surface area contributed by atoms with Gasteiger partial charge in [0.1, 0.15) is 0 Å². The Kier molecular flexibility index (Phi) is 8.40. The van der Waals surface area contributed by atoms with Gasteiger partial charge in [0.05, 0.1) is 22.0 Å². The van der Waals surface area contributed by atoms with Crippen molar-refractivity contribution in [2.45, 2.75) is 38.1 Å². The van der Waals surface area contributed by atoms with E-state index in [9.17, 15) is 18.0 Å². The second-order valence-corrected chi connectivity index (χ2v) is 8.47.